The smallest absolute Gasteiger partial charge is 0.0589 e. The van der Waals surface area contributed by atoms with E-state index in [0.29, 0.717) is 6.04 Å². The van der Waals surface area contributed by atoms with Crippen molar-refractivity contribution >= 4 is 0 Å². The first-order valence-corrected chi connectivity index (χ1v) is 7.72. The number of nitrogens with zero attached hydrogens (tertiary/aromatic N) is 1. The quantitative estimate of drug-likeness (QED) is 0.696. The van der Waals surface area contributed by atoms with Crippen LogP contribution < -0.4 is 5.73 Å². The monoisotopic (exact) mass is 272 g/mol. The van der Waals surface area contributed by atoms with Crippen LogP contribution in [0.4, 0.5) is 0 Å². The fourth-order valence-electron chi connectivity index (χ4n) is 3.07. The minimum atomic E-state index is 0.245. The molecule has 1 rings (SSSR count). The van der Waals surface area contributed by atoms with E-state index in [1.807, 2.05) is 0 Å². The van der Waals surface area contributed by atoms with Crippen molar-refractivity contribution in [2.75, 3.05) is 46.6 Å². The SMILES string of the molecule is CCC(CC)N(CCOC)CC1(CN)CCOCC1. The van der Waals surface area contributed by atoms with E-state index in [0.717, 1.165) is 52.3 Å². The van der Waals surface area contributed by atoms with Crippen LogP contribution in [0.2, 0.25) is 0 Å². The molecule has 1 fully saturated rings. The molecule has 0 aliphatic carbocycles. The minimum Gasteiger partial charge on any atom is -0.383 e. The molecule has 0 aromatic carbocycles. The summed E-state index contributed by atoms with van der Waals surface area (Å²) in [6.07, 6.45) is 4.56. The van der Waals surface area contributed by atoms with Crippen molar-refractivity contribution in [1.29, 1.82) is 0 Å². The summed E-state index contributed by atoms with van der Waals surface area (Å²) in [4.78, 5) is 2.58. The van der Waals surface area contributed by atoms with Crippen molar-refractivity contribution in [2.24, 2.45) is 11.1 Å². The van der Waals surface area contributed by atoms with Gasteiger partial charge in [-0.05, 0) is 37.6 Å². The number of nitrogens with two attached hydrogens (primary N) is 1. The Labute approximate surface area is 118 Å². The molecule has 0 spiro atoms. The maximum Gasteiger partial charge on any atom is 0.0589 e. The first kappa shape index (κ1) is 16.9. The zero-order valence-corrected chi connectivity index (χ0v) is 13.0. The molecule has 1 heterocycles. The molecule has 0 atom stereocenters. The van der Waals surface area contributed by atoms with E-state index in [1.165, 1.54) is 12.8 Å². The van der Waals surface area contributed by atoms with Gasteiger partial charge in [-0.1, -0.05) is 13.8 Å². The van der Waals surface area contributed by atoms with Crippen molar-refractivity contribution in [3.63, 3.8) is 0 Å². The Hall–Kier alpha value is -0.160. The number of hydrogen-bond acceptors (Lipinski definition) is 4. The van der Waals surface area contributed by atoms with E-state index < -0.39 is 0 Å². The van der Waals surface area contributed by atoms with E-state index in [-0.39, 0.29) is 5.41 Å². The predicted octanol–water partition coefficient (Wildman–Crippen LogP) is 1.88. The highest BCUT2D eigenvalue weighted by atomic mass is 16.5. The van der Waals surface area contributed by atoms with Crippen LogP contribution >= 0.6 is 0 Å². The van der Waals surface area contributed by atoms with Crippen molar-refractivity contribution in [3.8, 4) is 0 Å². The van der Waals surface area contributed by atoms with Gasteiger partial charge < -0.3 is 15.2 Å². The van der Waals surface area contributed by atoms with Crippen molar-refractivity contribution in [3.05, 3.63) is 0 Å². The Bertz CT molecular complexity index is 226. The number of rotatable bonds is 9. The molecule has 0 aromatic heterocycles. The zero-order chi connectivity index (χ0) is 14.1. The summed E-state index contributed by atoms with van der Waals surface area (Å²) in [5, 5.41) is 0. The lowest BCUT2D eigenvalue weighted by Crippen LogP contribution is -2.49. The van der Waals surface area contributed by atoms with E-state index in [1.54, 1.807) is 7.11 Å². The minimum absolute atomic E-state index is 0.245. The molecule has 1 saturated heterocycles. The van der Waals surface area contributed by atoms with Gasteiger partial charge in [-0.2, -0.15) is 0 Å². The van der Waals surface area contributed by atoms with Crippen molar-refractivity contribution < 1.29 is 9.47 Å². The summed E-state index contributed by atoms with van der Waals surface area (Å²) >= 11 is 0. The van der Waals surface area contributed by atoms with E-state index in [9.17, 15) is 0 Å². The molecule has 1 aliphatic heterocycles. The molecule has 0 bridgehead atoms. The molecule has 19 heavy (non-hydrogen) atoms. The predicted molar refractivity (Wildman–Crippen MR) is 79.4 cm³/mol. The highest BCUT2D eigenvalue weighted by molar-refractivity contribution is 4.87. The van der Waals surface area contributed by atoms with Gasteiger partial charge >= 0.3 is 0 Å². The van der Waals surface area contributed by atoms with Gasteiger partial charge in [-0.15, -0.1) is 0 Å². The first-order valence-electron chi connectivity index (χ1n) is 7.72. The Balaban J connectivity index is 2.67. The van der Waals surface area contributed by atoms with Crippen LogP contribution in [0.1, 0.15) is 39.5 Å². The van der Waals surface area contributed by atoms with Crippen LogP contribution in [0, 0.1) is 5.41 Å². The highest BCUT2D eigenvalue weighted by Gasteiger charge is 2.34. The summed E-state index contributed by atoms with van der Waals surface area (Å²) in [5.41, 5.74) is 6.33. The van der Waals surface area contributed by atoms with Crippen molar-refractivity contribution in [1.82, 2.24) is 4.90 Å². The van der Waals surface area contributed by atoms with Gasteiger partial charge in [0, 0.05) is 39.5 Å². The summed E-state index contributed by atoms with van der Waals surface area (Å²) in [7, 11) is 1.78. The van der Waals surface area contributed by atoms with Gasteiger partial charge in [0.1, 0.15) is 0 Å². The topological polar surface area (TPSA) is 47.7 Å². The van der Waals surface area contributed by atoms with Gasteiger partial charge in [-0.3, -0.25) is 4.90 Å². The summed E-state index contributed by atoms with van der Waals surface area (Å²) in [6, 6.07) is 0.640. The molecule has 0 radical (unpaired) electrons. The number of ether oxygens (including phenoxy) is 2. The lowest BCUT2D eigenvalue weighted by Gasteiger charge is -2.42. The summed E-state index contributed by atoms with van der Waals surface area (Å²) in [6.45, 7) is 9.91. The lowest BCUT2D eigenvalue weighted by molar-refractivity contribution is -0.0131. The average Bonchev–Trinajstić information content (AvgIpc) is 2.46. The second-order valence-corrected chi connectivity index (χ2v) is 5.75. The molecule has 1 aliphatic rings. The molecule has 0 unspecified atom stereocenters. The van der Waals surface area contributed by atoms with Crippen LogP contribution in [0.5, 0.6) is 0 Å². The standard InChI is InChI=1S/C15H32N2O2/c1-4-14(5-2)17(8-11-18-3)13-15(12-16)6-9-19-10-7-15/h14H,4-13,16H2,1-3H3. The third-order valence-electron chi connectivity index (χ3n) is 4.57. The van der Waals surface area contributed by atoms with E-state index >= 15 is 0 Å². The van der Waals surface area contributed by atoms with Gasteiger partial charge in [-0.25, -0.2) is 0 Å². The zero-order valence-electron chi connectivity index (χ0n) is 13.0. The van der Waals surface area contributed by atoms with Crippen LogP contribution in [0.25, 0.3) is 0 Å². The van der Waals surface area contributed by atoms with E-state index in [2.05, 4.69) is 18.7 Å². The molecule has 0 aromatic rings. The molecule has 2 N–H and O–H groups in total. The summed E-state index contributed by atoms with van der Waals surface area (Å²) < 4.78 is 10.8. The Kier molecular flexibility index (Phi) is 7.91. The van der Waals surface area contributed by atoms with Crippen LogP contribution in [0.3, 0.4) is 0 Å². The molecular formula is C15H32N2O2. The molecule has 4 heteroatoms. The fourth-order valence-corrected chi connectivity index (χ4v) is 3.07. The van der Waals surface area contributed by atoms with Gasteiger partial charge in [0.25, 0.3) is 0 Å². The Morgan fingerprint density at radius 1 is 1.26 bits per heavy atom. The highest BCUT2D eigenvalue weighted by Crippen LogP contribution is 2.31. The maximum atomic E-state index is 6.08. The van der Waals surface area contributed by atoms with Crippen LogP contribution in [-0.2, 0) is 9.47 Å². The molecular weight excluding hydrogens is 240 g/mol. The normalized spacial score (nSPS) is 19.3. The molecule has 0 amide bonds. The second-order valence-electron chi connectivity index (χ2n) is 5.75. The average molecular weight is 272 g/mol. The Morgan fingerprint density at radius 2 is 1.89 bits per heavy atom. The molecule has 0 saturated carbocycles. The third-order valence-corrected chi connectivity index (χ3v) is 4.57. The molecule has 114 valence electrons. The first-order chi connectivity index (χ1) is 9.21. The summed E-state index contributed by atoms with van der Waals surface area (Å²) in [5.74, 6) is 0. The lowest BCUT2D eigenvalue weighted by atomic mass is 9.79. The van der Waals surface area contributed by atoms with Gasteiger partial charge in [0.15, 0.2) is 0 Å². The van der Waals surface area contributed by atoms with Crippen LogP contribution in [-0.4, -0.2) is 57.5 Å². The second kappa shape index (κ2) is 8.90. The fraction of sp³-hybridized carbons (Fsp3) is 1.00. The number of hydrogen-bond donors (Lipinski definition) is 1. The van der Waals surface area contributed by atoms with Crippen molar-refractivity contribution in [2.45, 2.75) is 45.6 Å². The van der Waals surface area contributed by atoms with Gasteiger partial charge in [0.05, 0.1) is 6.61 Å². The largest absolute Gasteiger partial charge is 0.383 e. The van der Waals surface area contributed by atoms with E-state index in [4.69, 9.17) is 15.2 Å². The maximum absolute atomic E-state index is 6.08. The Morgan fingerprint density at radius 3 is 2.37 bits per heavy atom. The van der Waals surface area contributed by atoms with Gasteiger partial charge in [0.2, 0.25) is 0 Å². The number of methoxy groups -OCH3 is 1. The molecule has 4 nitrogen and oxygen atoms in total. The van der Waals surface area contributed by atoms with Crippen LogP contribution in [0.15, 0.2) is 0 Å². The third kappa shape index (κ3) is 5.03.